The van der Waals surface area contributed by atoms with Gasteiger partial charge in [-0.25, -0.2) is 0 Å². The van der Waals surface area contributed by atoms with Gasteiger partial charge in [-0.15, -0.1) is 0 Å². The van der Waals surface area contributed by atoms with Gasteiger partial charge in [-0.05, 0) is 43.7 Å². The number of aliphatic hydroxyl groups is 1. The standard InChI is InChI=1S/C19H32O3/c1-7-12-19(9-3,18(6,22)13(4)5)16-14(8-2)10-11-15(20)17(16)21/h10-11,13,20-22H,7-9,12H2,1-6H3. The molecule has 0 aliphatic carbocycles. The normalized spacial score (nSPS) is 17.3. The smallest absolute Gasteiger partial charge is 0.161 e. The summed E-state index contributed by atoms with van der Waals surface area (Å²) in [6.07, 6.45) is 3.12. The first-order valence-electron chi connectivity index (χ1n) is 8.46. The molecule has 0 heterocycles. The molecule has 0 amide bonds. The van der Waals surface area contributed by atoms with Crippen molar-refractivity contribution in [2.24, 2.45) is 5.92 Å². The molecule has 0 radical (unpaired) electrons. The summed E-state index contributed by atoms with van der Waals surface area (Å²) in [6.45, 7) is 12.0. The molecular formula is C19H32O3. The molecule has 0 saturated heterocycles. The first-order chi connectivity index (χ1) is 10.2. The molecule has 0 aromatic heterocycles. The molecule has 0 fully saturated rings. The lowest BCUT2D eigenvalue weighted by atomic mass is 9.58. The van der Waals surface area contributed by atoms with Gasteiger partial charge in [0.25, 0.3) is 0 Å². The van der Waals surface area contributed by atoms with Gasteiger partial charge in [0.2, 0.25) is 0 Å². The topological polar surface area (TPSA) is 60.7 Å². The maximum atomic E-state index is 11.3. The van der Waals surface area contributed by atoms with Crippen molar-refractivity contribution in [3.05, 3.63) is 23.3 Å². The van der Waals surface area contributed by atoms with E-state index in [1.54, 1.807) is 0 Å². The molecule has 1 rings (SSSR count). The van der Waals surface area contributed by atoms with Crippen LogP contribution in [0, 0.1) is 5.92 Å². The molecule has 1 aromatic carbocycles. The van der Waals surface area contributed by atoms with E-state index in [2.05, 4.69) is 13.8 Å². The lowest BCUT2D eigenvalue weighted by Gasteiger charge is -2.49. The lowest BCUT2D eigenvalue weighted by molar-refractivity contribution is -0.0700. The van der Waals surface area contributed by atoms with E-state index in [9.17, 15) is 15.3 Å². The minimum atomic E-state index is -0.979. The summed E-state index contributed by atoms with van der Waals surface area (Å²) in [7, 11) is 0. The fraction of sp³-hybridized carbons (Fsp3) is 0.684. The zero-order chi connectivity index (χ0) is 17.1. The molecular weight excluding hydrogens is 276 g/mol. The monoisotopic (exact) mass is 308 g/mol. The molecule has 126 valence electrons. The Kier molecular flexibility index (Phi) is 5.91. The van der Waals surface area contributed by atoms with Crippen molar-refractivity contribution in [3.8, 4) is 11.5 Å². The lowest BCUT2D eigenvalue weighted by Crippen LogP contribution is -2.53. The number of hydrogen-bond donors (Lipinski definition) is 3. The van der Waals surface area contributed by atoms with Crippen molar-refractivity contribution in [2.75, 3.05) is 0 Å². The molecule has 22 heavy (non-hydrogen) atoms. The third kappa shape index (κ3) is 2.83. The second kappa shape index (κ2) is 6.91. The minimum Gasteiger partial charge on any atom is -0.504 e. The van der Waals surface area contributed by atoms with E-state index in [1.165, 1.54) is 6.07 Å². The summed E-state index contributed by atoms with van der Waals surface area (Å²) in [4.78, 5) is 0. The number of hydrogen-bond acceptors (Lipinski definition) is 3. The summed E-state index contributed by atoms with van der Waals surface area (Å²) in [5, 5.41) is 31.9. The highest BCUT2D eigenvalue weighted by molar-refractivity contribution is 5.54. The fourth-order valence-electron chi connectivity index (χ4n) is 3.77. The van der Waals surface area contributed by atoms with Crippen LogP contribution < -0.4 is 0 Å². The summed E-state index contributed by atoms with van der Waals surface area (Å²) in [6, 6.07) is 3.40. The van der Waals surface area contributed by atoms with Crippen LogP contribution >= 0.6 is 0 Å². The van der Waals surface area contributed by atoms with E-state index in [1.807, 2.05) is 33.8 Å². The highest BCUT2D eigenvalue weighted by atomic mass is 16.3. The molecule has 2 atom stereocenters. The average molecular weight is 308 g/mol. The van der Waals surface area contributed by atoms with Gasteiger partial charge in [-0.3, -0.25) is 0 Å². The van der Waals surface area contributed by atoms with Crippen LogP contribution in [-0.2, 0) is 11.8 Å². The quantitative estimate of drug-likeness (QED) is 0.649. The minimum absolute atomic E-state index is 0.0328. The predicted octanol–water partition coefficient (Wildman–Crippen LogP) is 4.52. The molecule has 3 heteroatoms. The van der Waals surface area contributed by atoms with Crippen molar-refractivity contribution in [3.63, 3.8) is 0 Å². The van der Waals surface area contributed by atoms with Gasteiger partial charge in [0.1, 0.15) is 0 Å². The van der Waals surface area contributed by atoms with Crippen molar-refractivity contribution in [1.29, 1.82) is 0 Å². The van der Waals surface area contributed by atoms with Crippen LogP contribution in [0.25, 0.3) is 0 Å². The Morgan fingerprint density at radius 3 is 2.09 bits per heavy atom. The third-order valence-corrected chi connectivity index (χ3v) is 5.48. The first kappa shape index (κ1) is 18.8. The van der Waals surface area contributed by atoms with E-state index >= 15 is 0 Å². The Hall–Kier alpha value is -1.22. The van der Waals surface area contributed by atoms with Crippen LogP contribution in [0.1, 0.15) is 71.9 Å². The van der Waals surface area contributed by atoms with Crippen LogP contribution in [0.5, 0.6) is 11.5 Å². The van der Waals surface area contributed by atoms with Gasteiger partial charge >= 0.3 is 0 Å². The van der Waals surface area contributed by atoms with Gasteiger partial charge in [-0.2, -0.15) is 0 Å². The van der Waals surface area contributed by atoms with Crippen molar-refractivity contribution in [1.82, 2.24) is 0 Å². The Balaban J connectivity index is 3.77. The maximum Gasteiger partial charge on any atom is 0.161 e. The van der Waals surface area contributed by atoms with Crippen molar-refractivity contribution < 1.29 is 15.3 Å². The summed E-state index contributed by atoms with van der Waals surface area (Å²) >= 11 is 0. The number of rotatable bonds is 7. The zero-order valence-electron chi connectivity index (χ0n) is 14.9. The van der Waals surface area contributed by atoms with Gasteiger partial charge < -0.3 is 15.3 Å². The Morgan fingerprint density at radius 1 is 1.09 bits per heavy atom. The number of aromatic hydroxyl groups is 2. The Morgan fingerprint density at radius 2 is 1.68 bits per heavy atom. The van der Waals surface area contributed by atoms with Crippen molar-refractivity contribution in [2.45, 2.75) is 78.2 Å². The molecule has 3 nitrogen and oxygen atoms in total. The summed E-state index contributed by atoms with van der Waals surface area (Å²) in [5.41, 5.74) is 0.154. The van der Waals surface area contributed by atoms with Gasteiger partial charge in [-0.1, -0.05) is 47.1 Å². The SMILES string of the molecule is CCCC(CC)(c1c(CC)ccc(O)c1O)C(C)(O)C(C)C. The maximum absolute atomic E-state index is 11.3. The molecule has 0 saturated carbocycles. The molecule has 0 spiro atoms. The van der Waals surface area contributed by atoms with Crippen LogP contribution in [0.4, 0.5) is 0 Å². The molecule has 0 bridgehead atoms. The van der Waals surface area contributed by atoms with Gasteiger partial charge in [0, 0.05) is 11.0 Å². The zero-order valence-corrected chi connectivity index (χ0v) is 14.9. The van der Waals surface area contributed by atoms with E-state index in [0.717, 1.165) is 30.4 Å². The van der Waals surface area contributed by atoms with Crippen LogP contribution in [0.3, 0.4) is 0 Å². The molecule has 0 aliphatic heterocycles. The second-order valence-electron chi connectivity index (χ2n) is 6.81. The highest BCUT2D eigenvalue weighted by Gasteiger charge is 2.50. The molecule has 1 aromatic rings. The van der Waals surface area contributed by atoms with Crippen LogP contribution in [0.15, 0.2) is 12.1 Å². The van der Waals surface area contributed by atoms with E-state index in [4.69, 9.17) is 0 Å². The molecule has 2 unspecified atom stereocenters. The molecule has 3 N–H and O–H groups in total. The largest absolute Gasteiger partial charge is 0.504 e. The van der Waals surface area contributed by atoms with Crippen molar-refractivity contribution >= 4 is 0 Å². The number of benzene rings is 1. The second-order valence-corrected chi connectivity index (χ2v) is 6.81. The van der Waals surface area contributed by atoms with E-state index < -0.39 is 11.0 Å². The van der Waals surface area contributed by atoms with E-state index in [-0.39, 0.29) is 17.4 Å². The van der Waals surface area contributed by atoms with Gasteiger partial charge in [0.15, 0.2) is 11.5 Å². The average Bonchev–Trinajstić information content (AvgIpc) is 2.47. The fourth-order valence-corrected chi connectivity index (χ4v) is 3.77. The third-order valence-electron chi connectivity index (χ3n) is 5.48. The summed E-state index contributed by atoms with van der Waals surface area (Å²) < 4.78 is 0. The van der Waals surface area contributed by atoms with Crippen LogP contribution in [-0.4, -0.2) is 20.9 Å². The van der Waals surface area contributed by atoms with Crippen LogP contribution in [0.2, 0.25) is 0 Å². The molecule has 0 aliphatic rings. The Labute approximate surface area is 135 Å². The highest BCUT2D eigenvalue weighted by Crippen LogP contribution is 2.52. The Bertz CT molecular complexity index is 506. The number of phenolic OH excluding ortho intramolecular Hbond substituents is 2. The number of aryl methyl sites for hydroxylation is 1. The number of phenols is 2. The predicted molar refractivity (Wildman–Crippen MR) is 91.5 cm³/mol. The first-order valence-corrected chi connectivity index (χ1v) is 8.46. The van der Waals surface area contributed by atoms with E-state index in [0.29, 0.717) is 6.42 Å². The van der Waals surface area contributed by atoms with Gasteiger partial charge in [0.05, 0.1) is 5.60 Å². The summed E-state index contributed by atoms with van der Waals surface area (Å²) in [5.74, 6) is -0.151.